The first-order valence-corrected chi connectivity index (χ1v) is 5.66. The number of para-hydroxylation sites is 1. The maximum atomic E-state index is 5.79. The van der Waals surface area contributed by atoms with Gasteiger partial charge in [0.1, 0.15) is 11.5 Å². The van der Waals surface area contributed by atoms with Gasteiger partial charge in [-0.05, 0) is 25.5 Å². The van der Waals surface area contributed by atoms with E-state index in [9.17, 15) is 0 Å². The number of methoxy groups -OCH3 is 1. The van der Waals surface area contributed by atoms with E-state index in [0.717, 1.165) is 18.8 Å². The van der Waals surface area contributed by atoms with Crippen LogP contribution in [0, 0.1) is 0 Å². The van der Waals surface area contributed by atoms with Crippen LogP contribution in [0.25, 0.3) is 0 Å². The Kier molecular flexibility index (Phi) is 3.17. The molecule has 88 valence electrons. The fourth-order valence-electron chi connectivity index (χ4n) is 2.23. The van der Waals surface area contributed by atoms with Crippen molar-refractivity contribution in [3.63, 3.8) is 0 Å². The van der Waals surface area contributed by atoms with Crippen molar-refractivity contribution >= 4 is 0 Å². The Labute approximate surface area is 96.8 Å². The standard InChI is InChI=1S/C13H19NO2/c1-10-9-16-13(2,14-10)8-11-6-4-5-7-12(11)15-3/h4-7,10,14H,8-9H2,1-3H3. The average Bonchev–Trinajstić information content (AvgIpc) is 2.59. The molecule has 2 rings (SSSR count). The highest BCUT2D eigenvalue weighted by Crippen LogP contribution is 2.26. The van der Waals surface area contributed by atoms with E-state index in [0.29, 0.717) is 6.04 Å². The minimum Gasteiger partial charge on any atom is -0.496 e. The summed E-state index contributed by atoms with van der Waals surface area (Å²) in [7, 11) is 1.70. The fourth-order valence-corrected chi connectivity index (χ4v) is 2.23. The first-order valence-electron chi connectivity index (χ1n) is 5.66. The Hall–Kier alpha value is -1.06. The van der Waals surface area contributed by atoms with Crippen LogP contribution in [0.5, 0.6) is 5.75 Å². The number of benzene rings is 1. The van der Waals surface area contributed by atoms with Crippen LogP contribution in [0.4, 0.5) is 0 Å². The molecule has 1 aromatic carbocycles. The molecule has 1 saturated heterocycles. The molecule has 0 bridgehead atoms. The van der Waals surface area contributed by atoms with Gasteiger partial charge in [-0.2, -0.15) is 0 Å². The number of nitrogens with one attached hydrogen (secondary N) is 1. The molecule has 0 spiro atoms. The van der Waals surface area contributed by atoms with Crippen LogP contribution in [0.1, 0.15) is 19.4 Å². The van der Waals surface area contributed by atoms with Gasteiger partial charge < -0.3 is 9.47 Å². The molecule has 1 aliphatic heterocycles. The lowest BCUT2D eigenvalue weighted by Crippen LogP contribution is -2.42. The predicted octanol–water partition coefficient (Wildman–Crippen LogP) is 1.96. The fraction of sp³-hybridized carbons (Fsp3) is 0.538. The van der Waals surface area contributed by atoms with Crippen molar-refractivity contribution in [1.82, 2.24) is 5.32 Å². The van der Waals surface area contributed by atoms with Gasteiger partial charge in [0.05, 0.1) is 13.7 Å². The zero-order valence-corrected chi connectivity index (χ0v) is 10.1. The molecule has 1 N–H and O–H groups in total. The number of hydrogen-bond donors (Lipinski definition) is 1. The lowest BCUT2D eigenvalue weighted by Gasteiger charge is -2.25. The highest BCUT2D eigenvalue weighted by molar-refractivity contribution is 5.34. The minimum absolute atomic E-state index is 0.270. The summed E-state index contributed by atoms with van der Waals surface area (Å²) < 4.78 is 11.1. The molecular formula is C13H19NO2. The van der Waals surface area contributed by atoms with Crippen molar-refractivity contribution in [3.05, 3.63) is 29.8 Å². The Bertz CT molecular complexity index is 367. The molecule has 0 saturated carbocycles. The molecular weight excluding hydrogens is 202 g/mol. The second kappa shape index (κ2) is 4.44. The molecule has 1 fully saturated rings. The smallest absolute Gasteiger partial charge is 0.122 e. The Morgan fingerprint density at radius 1 is 1.50 bits per heavy atom. The van der Waals surface area contributed by atoms with Gasteiger partial charge >= 0.3 is 0 Å². The number of hydrogen-bond acceptors (Lipinski definition) is 3. The molecule has 0 radical (unpaired) electrons. The molecule has 1 aliphatic rings. The van der Waals surface area contributed by atoms with Crippen molar-refractivity contribution in [3.8, 4) is 5.75 Å². The van der Waals surface area contributed by atoms with Crippen LogP contribution in [0.3, 0.4) is 0 Å². The van der Waals surface area contributed by atoms with Crippen molar-refractivity contribution in [2.24, 2.45) is 0 Å². The number of rotatable bonds is 3. The Morgan fingerprint density at radius 3 is 2.88 bits per heavy atom. The van der Waals surface area contributed by atoms with Gasteiger partial charge in [-0.3, -0.25) is 5.32 Å². The highest BCUT2D eigenvalue weighted by Gasteiger charge is 2.33. The largest absolute Gasteiger partial charge is 0.496 e. The van der Waals surface area contributed by atoms with E-state index in [1.54, 1.807) is 7.11 Å². The van der Waals surface area contributed by atoms with Crippen LogP contribution in [0.15, 0.2) is 24.3 Å². The zero-order chi connectivity index (χ0) is 11.6. The van der Waals surface area contributed by atoms with E-state index in [1.165, 1.54) is 5.56 Å². The van der Waals surface area contributed by atoms with E-state index in [1.807, 2.05) is 18.2 Å². The summed E-state index contributed by atoms with van der Waals surface area (Å²) in [6, 6.07) is 8.49. The molecule has 1 heterocycles. The quantitative estimate of drug-likeness (QED) is 0.846. The summed E-state index contributed by atoms with van der Waals surface area (Å²) >= 11 is 0. The molecule has 3 nitrogen and oxygen atoms in total. The Balaban J connectivity index is 2.14. The second-order valence-electron chi connectivity index (χ2n) is 4.58. The maximum Gasteiger partial charge on any atom is 0.122 e. The third-order valence-electron chi connectivity index (χ3n) is 2.92. The molecule has 0 aromatic heterocycles. The summed E-state index contributed by atoms with van der Waals surface area (Å²) in [5, 5.41) is 3.45. The first kappa shape index (κ1) is 11.4. The summed E-state index contributed by atoms with van der Waals surface area (Å²) in [5.74, 6) is 0.925. The molecule has 0 amide bonds. The molecule has 3 heteroatoms. The van der Waals surface area contributed by atoms with Gasteiger partial charge in [-0.25, -0.2) is 0 Å². The summed E-state index contributed by atoms with van der Waals surface area (Å²) in [4.78, 5) is 0. The summed E-state index contributed by atoms with van der Waals surface area (Å²) in [6.07, 6.45) is 0.821. The van der Waals surface area contributed by atoms with E-state index in [-0.39, 0.29) is 5.72 Å². The summed E-state index contributed by atoms with van der Waals surface area (Å²) in [5.41, 5.74) is 0.905. The van der Waals surface area contributed by atoms with Gasteiger partial charge in [0, 0.05) is 12.5 Å². The lowest BCUT2D eigenvalue weighted by molar-refractivity contribution is 0.00650. The molecule has 2 unspecified atom stereocenters. The van der Waals surface area contributed by atoms with Gasteiger partial charge in [0.2, 0.25) is 0 Å². The van der Waals surface area contributed by atoms with Gasteiger partial charge in [-0.1, -0.05) is 18.2 Å². The highest BCUT2D eigenvalue weighted by atomic mass is 16.5. The third kappa shape index (κ3) is 2.36. The van der Waals surface area contributed by atoms with Crippen LogP contribution in [-0.4, -0.2) is 25.5 Å². The van der Waals surface area contributed by atoms with Crippen LogP contribution in [-0.2, 0) is 11.2 Å². The van der Waals surface area contributed by atoms with E-state index in [2.05, 4.69) is 25.2 Å². The van der Waals surface area contributed by atoms with Crippen LogP contribution >= 0.6 is 0 Å². The molecule has 2 atom stereocenters. The maximum absolute atomic E-state index is 5.79. The van der Waals surface area contributed by atoms with E-state index >= 15 is 0 Å². The van der Waals surface area contributed by atoms with Crippen molar-refractivity contribution < 1.29 is 9.47 Å². The van der Waals surface area contributed by atoms with Crippen molar-refractivity contribution in [2.75, 3.05) is 13.7 Å². The van der Waals surface area contributed by atoms with Crippen molar-refractivity contribution in [1.29, 1.82) is 0 Å². The number of ether oxygens (including phenoxy) is 2. The van der Waals surface area contributed by atoms with Crippen molar-refractivity contribution in [2.45, 2.75) is 32.0 Å². The molecule has 1 aromatic rings. The predicted molar refractivity (Wildman–Crippen MR) is 63.7 cm³/mol. The Morgan fingerprint density at radius 2 is 2.25 bits per heavy atom. The van der Waals surface area contributed by atoms with Gasteiger partial charge in [0.15, 0.2) is 0 Å². The second-order valence-corrected chi connectivity index (χ2v) is 4.58. The molecule has 0 aliphatic carbocycles. The zero-order valence-electron chi connectivity index (χ0n) is 10.1. The average molecular weight is 221 g/mol. The summed E-state index contributed by atoms with van der Waals surface area (Å²) in [6.45, 7) is 4.99. The van der Waals surface area contributed by atoms with Gasteiger partial charge in [-0.15, -0.1) is 0 Å². The van der Waals surface area contributed by atoms with Gasteiger partial charge in [0.25, 0.3) is 0 Å². The monoisotopic (exact) mass is 221 g/mol. The lowest BCUT2D eigenvalue weighted by atomic mass is 10.0. The van der Waals surface area contributed by atoms with Crippen LogP contribution in [0.2, 0.25) is 0 Å². The normalized spacial score (nSPS) is 29.3. The molecule has 16 heavy (non-hydrogen) atoms. The van der Waals surface area contributed by atoms with Crippen LogP contribution < -0.4 is 10.1 Å². The van der Waals surface area contributed by atoms with E-state index < -0.39 is 0 Å². The SMILES string of the molecule is COc1ccccc1CC1(C)NC(C)CO1. The third-order valence-corrected chi connectivity index (χ3v) is 2.92. The first-order chi connectivity index (χ1) is 7.63. The topological polar surface area (TPSA) is 30.5 Å². The van der Waals surface area contributed by atoms with E-state index in [4.69, 9.17) is 9.47 Å². The minimum atomic E-state index is -0.270.